The quantitative estimate of drug-likeness (QED) is 0.854. The lowest BCUT2D eigenvalue weighted by Gasteiger charge is -2.40. The van der Waals surface area contributed by atoms with Gasteiger partial charge in [-0.3, -0.25) is 4.90 Å². The van der Waals surface area contributed by atoms with Crippen LogP contribution in [-0.4, -0.2) is 36.6 Å². The Morgan fingerprint density at radius 3 is 2.21 bits per heavy atom. The molecule has 1 fully saturated rings. The van der Waals surface area contributed by atoms with Gasteiger partial charge in [-0.2, -0.15) is 0 Å². The molecule has 1 aliphatic rings. The Morgan fingerprint density at radius 2 is 1.62 bits per heavy atom. The zero-order valence-electron chi connectivity index (χ0n) is 14.1. The zero-order chi connectivity index (χ0) is 16.8. The summed E-state index contributed by atoms with van der Waals surface area (Å²) in [5, 5.41) is 3.43. The van der Waals surface area contributed by atoms with Crippen LogP contribution >= 0.6 is 0 Å². The van der Waals surface area contributed by atoms with E-state index >= 15 is 0 Å². The second-order valence-corrected chi connectivity index (χ2v) is 6.33. The van der Waals surface area contributed by atoms with Crippen LogP contribution < -0.4 is 5.32 Å². The second-order valence-electron chi connectivity index (χ2n) is 6.33. The molecule has 2 aromatic rings. The molecule has 126 valence electrons. The van der Waals surface area contributed by atoms with Crippen LogP contribution in [0.5, 0.6) is 0 Å². The van der Waals surface area contributed by atoms with E-state index in [9.17, 15) is 4.79 Å². The fourth-order valence-electron chi connectivity index (χ4n) is 3.31. The van der Waals surface area contributed by atoms with E-state index in [2.05, 4.69) is 34.5 Å². The van der Waals surface area contributed by atoms with Gasteiger partial charge in [0.25, 0.3) is 0 Å². The first kappa shape index (κ1) is 16.5. The van der Waals surface area contributed by atoms with Crippen LogP contribution in [-0.2, 0) is 16.1 Å². The number of hydrogen-bond acceptors (Lipinski definition) is 4. The number of hydrogen-bond donors (Lipinski definition) is 1. The monoisotopic (exact) mass is 330 g/mol. The van der Waals surface area contributed by atoms with Crippen LogP contribution in [0.4, 0.5) is 5.69 Å². The number of nitrogens with zero attached hydrogens (tertiary/aromatic N) is 1. The lowest BCUT2D eigenvalue weighted by Crippen LogP contribution is -2.54. The van der Waals surface area contributed by atoms with Crippen molar-refractivity contribution < 1.29 is 9.53 Å². The first-order valence-corrected chi connectivity index (χ1v) is 8.40. The van der Waals surface area contributed by atoms with Gasteiger partial charge < -0.3 is 10.1 Å². The minimum absolute atomic E-state index is 0.175. The Balaban J connectivity index is 1.68. The predicted molar refractivity (Wildman–Crippen MR) is 95.8 cm³/mol. The Bertz CT molecular complexity index is 650. The van der Waals surface area contributed by atoms with Crippen molar-refractivity contribution in [2.24, 2.45) is 0 Å². The highest BCUT2D eigenvalue weighted by atomic mass is 16.5. The van der Waals surface area contributed by atoms with Gasteiger partial charge in [-0.05, 0) is 30.5 Å². The van der Waals surface area contributed by atoms with Gasteiger partial charge in [0.1, 0.15) is 5.54 Å². The van der Waals surface area contributed by atoms with Gasteiger partial charge in [0.2, 0.25) is 0 Å². The average molecular weight is 330 g/mol. The Morgan fingerprint density at radius 1 is 1.04 bits per heavy atom. The standard InChI is InChI=1S/C20H24N2O2/c1-24-19(23)20(21-18-10-6-3-7-11-18)12-14-22(15-13-20)16-17-8-4-2-5-9-17/h2-11,21H,12-16H2,1H3/i3+1,6+1,7+1,10+1,11+1,18+1. The highest BCUT2D eigenvalue weighted by molar-refractivity contribution is 5.84. The fourth-order valence-corrected chi connectivity index (χ4v) is 3.31. The van der Waals surface area contributed by atoms with Crippen molar-refractivity contribution in [3.8, 4) is 0 Å². The Hall–Kier alpha value is -2.33. The van der Waals surface area contributed by atoms with Crippen LogP contribution in [0.15, 0.2) is 60.7 Å². The molecule has 24 heavy (non-hydrogen) atoms. The summed E-state index contributed by atoms with van der Waals surface area (Å²) in [5.41, 5.74) is 1.63. The van der Waals surface area contributed by atoms with E-state index in [1.807, 2.05) is 36.4 Å². The van der Waals surface area contributed by atoms with Gasteiger partial charge in [0.05, 0.1) is 7.11 Å². The number of carbonyl (C=O) groups is 1. The molecule has 4 nitrogen and oxygen atoms in total. The molecule has 1 N–H and O–H groups in total. The van der Waals surface area contributed by atoms with E-state index in [4.69, 9.17) is 4.74 Å². The smallest absolute Gasteiger partial charge is 0.331 e. The number of para-hydroxylation sites is 1. The number of nitrogens with one attached hydrogen (secondary N) is 1. The minimum Gasteiger partial charge on any atom is -0.467 e. The molecule has 0 bridgehead atoms. The van der Waals surface area contributed by atoms with Crippen LogP contribution in [0.3, 0.4) is 0 Å². The summed E-state index contributed by atoms with van der Waals surface area (Å²) in [6.07, 6.45) is 1.48. The number of benzene rings is 2. The van der Waals surface area contributed by atoms with E-state index < -0.39 is 5.54 Å². The number of carbonyl (C=O) groups excluding carboxylic acids is 1. The van der Waals surface area contributed by atoms with Crippen LogP contribution in [0.2, 0.25) is 0 Å². The van der Waals surface area contributed by atoms with Crippen LogP contribution in [0, 0.1) is 0 Å². The van der Waals surface area contributed by atoms with E-state index in [1.165, 1.54) is 12.7 Å². The van der Waals surface area contributed by atoms with Gasteiger partial charge in [-0.1, -0.05) is 48.5 Å². The molecule has 0 radical (unpaired) electrons. The minimum atomic E-state index is -0.636. The summed E-state index contributed by atoms with van der Waals surface area (Å²) in [6.45, 7) is 2.65. The molecule has 1 aliphatic heterocycles. The van der Waals surface area contributed by atoms with E-state index in [-0.39, 0.29) is 5.97 Å². The van der Waals surface area contributed by atoms with Crippen molar-refractivity contribution in [3.63, 3.8) is 0 Å². The third-order valence-corrected chi connectivity index (χ3v) is 4.69. The number of methoxy groups -OCH3 is 1. The molecule has 0 unspecified atom stereocenters. The molecule has 3 rings (SSSR count). The van der Waals surface area contributed by atoms with Crippen molar-refractivity contribution >= 4 is 11.7 Å². The molecule has 0 atom stereocenters. The highest BCUT2D eigenvalue weighted by Crippen LogP contribution is 2.29. The molecule has 0 aliphatic carbocycles. The Labute approximate surface area is 143 Å². The topological polar surface area (TPSA) is 41.6 Å². The third kappa shape index (κ3) is 3.77. The summed E-state index contributed by atoms with van der Waals surface area (Å²) in [5.74, 6) is -0.175. The average Bonchev–Trinajstić information content (AvgIpc) is 2.64. The molecule has 0 aromatic heterocycles. The van der Waals surface area contributed by atoms with Gasteiger partial charge in [-0.15, -0.1) is 0 Å². The van der Waals surface area contributed by atoms with E-state index in [0.717, 1.165) is 38.2 Å². The van der Waals surface area contributed by atoms with Gasteiger partial charge in [0.15, 0.2) is 0 Å². The summed E-state index contributed by atoms with van der Waals surface area (Å²) in [6, 6.07) is 20.3. The largest absolute Gasteiger partial charge is 0.467 e. The number of likely N-dealkylation sites (tertiary alicyclic amines) is 1. The molecule has 0 saturated carbocycles. The van der Waals surface area contributed by atoms with Crippen molar-refractivity contribution in [2.75, 3.05) is 25.5 Å². The highest BCUT2D eigenvalue weighted by Gasteiger charge is 2.42. The molecule has 2 aromatic carbocycles. The molecule has 4 heteroatoms. The summed E-state index contributed by atoms with van der Waals surface area (Å²) < 4.78 is 5.10. The third-order valence-electron chi connectivity index (χ3n) is 4.69. The summed E-state index contributed by atoms with van der Waals surface area (Å²) in [4.78, 5) is 14.8. The molecule has 0 amide bonds. The maximum atomic E-state index is 12.5. The molecule has 1 heterocycles. The van der Waals surface area contributed by atoms with Gasteiger partial charge >= 0.3 is 5.97 Å². The predicted octanol–water partition coefficient (Wildman–Crippen LogP) is 3.31. The number of esters is 1. The second kappa shape index (κ2) is 7.49. The summed E-state index contributed by atoms with van der Waals surface area (Å²) >= 11 is 0. The van der Waals surface area contributed by atoms with Crippen LogP contribution in [0.25, 0.3) is 0 Å². The van der Waals surface area contributed by atoms with Gasteiger partial charge in [0, 0.05) is 25.3 Å². The molecular formula is C20H24N2O2. The van der Waals surface area contributed by atoms with Crippen molar-refractivity contribution in [2.45, 2.75) is 24.9 Å². The maximum Gasteiger partial charge on any atom is 0.331 e. The van der Waals surface area contributed by atoms with Crippen molar-refractivity contribution in [1.82, 2.24) is 4.90 Å². The summed E-state index contributed by atoms with van der Waals surface area (Å²) in [7, 11) is 1.47. The lowest BCUT2D eigenvalue weighted by molar-refractivity contribution is -0.147. The number of rotatable bonds is 5. The molecule has 0 spiro atoms. The Kier molecular flexibility index (Phi) is 5.16. The zero-order valence-corrected chi connectivity index (χ0v) is 14.1. The van der Waals surface area contributed by atoms with Crippen LogP contribution in [0.1, 0.15) is 18.4 Å². The first-order valence-electron chi connectivity index (χ1n) is 8.40. The first-order chi connectivity index (χ1) is 11.7. The number of ether oxygens (including phenoxy) is 1. The molecule has 1 saturated heterocycles. The maximum absolute atomic E-state index is 12.5. The normalized spacial score (nSPS) is 17.2. The van der Waals surface area contributed by atoms with Gasteiger partial charge in [-0.25, -0.2) is 4.79 Å². The lowest BCUT2D eigenvalue weighted by atomic mass is 9.87. The number of piperidine rings is 1. The van der Waals surface area contributed by atoms with E-state index in [0.29, 0.717) is 0 Å². The van der Waals surface area contributed by atoms with Crippen molar-refractivity contribution in [1.29, 1.82) is 0 Å². The fraction of sp³-hybridized carbons (Fsp3) is 0.350. The van der Waals surface area contributed by atoms with Crippen molar-refractivity contribution in [3.05, 3.63) is 66.2 Å². The molecular weight excluding hydrogens is 306 g/mol. The number of anilines is 1. The van der Waals surface area contributed by atoms with E-state index in [1.54, 1.807) is 0 Å². The SMILES string of the molecule is COC(=O)C1(N[13c]2[13cH][13cH][13cH][13cH][13cH]2)CCN(Cc2ccccc2)CC1.